The van der Waals surface area contributed by atoms with Crippen LogP contribution in [0.1, 0.15) is 91.4 Å². The quantitative estimate of drug-likeness (QED) is 0.352. The summed E-state index contributed by atoms with van der Waals surface area (Å²) in [5.41, 5.74) is 0. The lowest BCUT2D eigenvalue weighted by molar-refractivity contribution is -0.134. The average molecular weight is 331 g/mol. The molecule has 0 aromatic rings. The van der Waals surface area contributed by atoms with Gasteiger partial charge in [0.05, 0.1) is 6.17 Å². The van der Waals surface area contributed by atoms with Crippen LogP contribution in [0.5, 0.6) is 0 Å². The normalized spacial score (nSPS) is 11.9. The first-order chi connectivity index (χ1) is 11.0. The Kier molecular flexibility index (Phi) is 20.8. The van der Waals surface area contributed by atoms with Gasteiger partial charge in [-0.25, -0.2) is 0 Å². The highest BCUT2D eigenvalue weighted by Gasteiger charge is 2.05. The molecule has 0 saturated carbocycles. The molecule has 0 rings (SSSR count). The van der Waals surface area contributed by atoms with E-state index in [-0.39, 0.29) is 0 Å². The molecule has 0 aliphatic rings. The number of carbonyl (C=O) groups is 1. The van der Waals surface area contributed by atoms with Crippen molar-refractivity contribution in [2.24, 2.45) is 0 Å². The Morgan fingerprint density at radius 2 is 1.30 bits per heavy atom. The molecule has 140 valence electrons. The van der Waals surface area contributed by atoms with Gasteiger partial charge in [-0.1, -0.05) is 71.6 Å². The monoisotopic (exact) mass is 330 g/mol. The number of nitrogens with one attached hydrogen (secondary N) is 1. The van der Waals surface area contributed by atoms with Crippen molar-refractivity contribution in [3.05, 3.63) is 0 Å². The van der Waals surface area contributed by atoms with Gasteiger partial charge in [0.15, 0.2) is 0 Å². The molecule has 0 aliphatic carbocycles. The number of aliphatic carboxylic acids is 1. The number of hydrogen-bond donors (Lipinski definition) is 2. The summed E-state index contributed by atoms with van der Waals surface area (Å²) in [5, 5.41) is 11.0. The molecule has 1 unspecified atom stereocenters. The zero-order valence-corrected chi connectivity index (χ0v) is 16.4. The van der Waals surface area contributed by atoms with Crippen LogP contribution in [0.3, 0.4) is 0 Å². The van der Waals surface area contributed by atoms with Gasteiger partial charge in [-0.3, -0.25) is 9.69 Å². The highest BCUT2D eigenvalue weighted by atomic mass is 16.4. The number of carboxylic acid groups (broad SMARTS) is 1. The maximum Gasteiger partial charge on any atom is 0.300 e. The van der Waals surface area contributed by atoms with Gasteiger partial charge in [0.2, 0.25) is 0 Å². The van der Waals surface area contributed by atoms with E-state index in [1.807, 2.05) is 0 Å². The smallest absolute Gasteiger partial charge is 0.300 e. The van der Waals surface area contributed by atoms with Gasteiger partial charge in [0, 0.05) is 6.92 Å². The Hall–Kier alpha value is -0.610. The summed E-state index contributed by atoms with van der Waals surface area (Å²) in [6.07, 6.45) is 15.9. The maximum absolute atomic E-state index is 9.00. The molecule has 0 bridgehead atoms. The number of carboxylic acids is 1. The van der Waals surface area contributed by atoms with Crippen LogP contribution in [-0.2, 0) is 4.79 Å². The average Bonchev–Trinajstić information content (AvgIpc) is 2.47. The summed E-state index contributed by atoms with van der Waals surface area (Å²) in [4.78, 5) is 11.3. The Morgan fingerprint density at radius 1 is 0.913 bits per heavy atom. The van der Waals surface area contributed by atoms with Gasteiger partial charge in [-0.05, 0) is 33.5 Å². The van der Waals surface area contributed by atoms with Crippen molar-refractivity contribution >= 4 is 5.97 Å². The van der Waals surface area contributed by atoms with Gasteiger partial charge < -0.3 is 10.4 Å². The van der Waals surface area contributed by atoms with E-state index >= 15 is 0 Å². The molecule has 0 aromatic heterocycles. The van der Waals surface area contributed by atoms with Crippen LogP contribution in [-0.4, -0.2) is 42.8 Å². The number of unbranched alkanes of at least 4 members (excludes halogenated alkanes) is 9. The minimum atomic E-state index is -0.833. The van der Waals surface area contributed by atoms with E-state index in [9.17, 15) is 0 Å². The summed E-state index contributed by atoms with van der Waals surface area (Å²) < 4.78 is 0. The van der Waals surface area contributed by atoms with Gasteiger partial charge >= 0.3 is 0 Å². The zero-order valence-electron chi connectivity index (χ0n) is 16.4. The Bertz CT molecular complexity index is 242. The fourth-order valence-electron chi connectivity index (χ4n) is 2.57. The second kappa shape index (κ2) is 19.4. The van der Waals surface area contributed by atoms with Crippen molar-refractivity contribution in [2.45, 2.75) is 97.6 Å². The maximum atomic E-state index is 9.00. The predicted octanol–water partition coefficient (Wildman–Crippen LogP) is 4.89. The summed E-state index contributed by atoms with van der Waals surface area (Å²) >= 11 is 0. The lowest BCUT2D eigenvalue weighted by Gasteiger charge is -2.24. The van der Waals surface area contributed by atoms with Crippen molar-refractivity contribution in [1.82, 2.24) is 10.2 Å². The molecule has 4 nitrogen and oxygen atoms in total. The lowest BCUT2D eigenvalue weighted by Crippen LogP contribution is -2.41. The zero-order chi connectivity index (χ0) is 17.9. The lowest BCUT2D eigenvalue weighted by atomic mass is 10.1. The van der Waals surface area contributed by atoms with Gasteiger partial charge in [-0.2, -0.15) is 0 Å². The first-order valence-electron chi connectivity index (χ1n) is 9.55. The van der Waals surface area contributed by atoms with Crippen molar-refractivity contribution < 1.29 is 9.90 Å². The molecular weight excluding hydrogens is 288 g/mol. The van der Waals surface area contributed by atoms with Gasteiger partial charge in [0.25, 0.3) is 5.97 Å². The molecule has 0 spiro atoms. The van der Waals surface area contributed by atoms with Gasteiger partial charge in [0.1, 0.15) is 0 Å². The van der Waals surface area contributed by atoms with Crippen molar-refractivity contribution in [3.8, 4) is 0 Å². The molecule has 2 N–H and O–H groups in total. The molecule has 1 atom stereocenters. The molecule has 23 heavy (non-hydrogen) atoms. The molecule has 4 heteroatoms. The van der Waals surface area contributed by atoms with Crippen LogP contribution < -0.4 is 5.32 Å². The highest BCUT2D eigenvalue weighted by molar-refractivity contribution is 5.62. The van der Waals surface area contributed by atoms with Gasteiger partial charge in [-0.15, -0.1) is 0 Å². The van der Waals surface area contributed by atoms with Crippen LogP contribution >= 0.6 is 0 Å². The van der Waals surface area contributed by atoms with E-state index in [2.05, 4.69) is 38.2 Å². The van der Waals surface area contributed by atoms with E-state index < -0.39 is 5.97 Å². The van der Waals surface area contributed by atoms with E-state index in [1.54, 1.807) is 0 Å². The van der Waals surface area contributed by atoms with E-state index in [0.717, 1.165) is 6.92 Å². The Labute approximate surface area is 145 Å². The molecule has 0 aliphatic heterocycles. The fraction of sp³-hybridized carbons (Fsp3) is 0.947. The predicted molar refractivity (Wildman–Crippen MR) is 101 cm³/mol. The molecule has 0 fully saturated rings. The second-order valence-electron chi connectivity index (χ2n) is 6.54. The number of rotatable bonds is 14. The molecule has 0 aromatic carbocycles. The van der Waals surface area contributed by atoms with E-state index in [1.165, 1.54) is 77.2 Å². The third-order valence-corrected chi connectivity index (χ3v) is 3.92. The summed E-state index contributed by atoms with van der Waals surface area (Å²) in [7, 11) is 4.30. The number of nitrogens with zero attached hydrogens (tertiary/aromatic N) is 1. The fourth-order valence-corrected chi connectivity index (χ4v) is 2.57. The van der Waals surface area contributed by atoms with Crippen LogP contribution in [0.2, 0.25) is 0 Å². The molecule has 0 heterocycles. The standard InChI is InChI=1S/C17H38N2.C2H4O2/c1-5-7-8-9-10-11-12-13-14-15-16-18-17(6-2)19(3)4;1-2(3)4/h17-18H,5-16H2,1-4H3;1H3,(H,3,4). The summed E-state index contributed by atoms with van der Waals surface area (Å²) in [5.74, 6) is -0.833. The number of hydrogen-bond acceptors (Lipinski definition) is 3. The third kappa shape index (κ3) is 23.8. The van der Waals surface area contributed by atoms with Crippen LogP contribution in [0.4, 0.5) is 0 Å². The van der Waals surface area contributed by atoms with Crippen LogP contribution in [0, 0.1) is 0 Å². The largest absolute Gasteiger partial charge is 0.481 e. The summed E-state index contributed by atoms with van der Waals surface area (Å²) in [6, 6.07) is 0. The summed E-state index contributed by atoms with van der Waals surface area (Å²) in [6.45, 7) is 6.79. The minimum Gasteiger partial charge on any atom is -0.481 e. The molecular formula is C19H42N2O2. The van der Waals surface area contributed by atoms with Crippen molar-refractivity contribution in [1.29, 1.82) is 0 Å². The first-order valence-corrected chi connectivity index (χ1v) is 9.55. The van der Waals surface area contributed by atoms with E-state index in [0.29, 0.717) is 6.17 Å². The second-order valence-corrected chi connectivity index (χ2v) is 6.54. The molecule has 0 saturated heterocycles. The Morgan fingerprint density at radius 3 is 1.65 bits per heavy atom. The van der Waals surface area contributed by atoms with Crippen molar-refractivity contribution in [2.75, 3.05) is 20.6 Å². The van der Waals surface area contributed by atoms with Crippen LogP contribution in [0.15, 0.2) is 0 Å². The molecule has 0 amide bonds. The Balaban J connectivity index is 0. The first kappa shape index (κ1) is 24.6. The topological polar surface area (TPSA) is 52.6 Å². The van der Waals surface area contributed by atoms with Crippen molar-refractivity contribution in [3.63, 3.8) is 0 Å². The third-order valence-electron chi connectivity index (χ3n) is 3.92. The highest BCUT2D eigenvalue weighted by Crippen LogP contribution is 2.10. The SMILES string of the molecule is CC(=O)O.CCCCCCCCCCCCNC(CC)N(C)C. The van der Waals surface area contributed by atoms with E-state index in [4.69, 9.17) is 9.90 Å². The molecule has 0 radical (unpaired) electrons. The van der Waals surface area contributed by atoms with Crippen LogP contribution in [0.25, 0.3) is 0 Å². The minimum absolute atomic E-state index is 0.554.